The zero-order chi connectivity index (χ0) is 16.3. The molecule has 2 rings (SSSR count). The minimum absolute atomic E-state index is 0.0374. The van der Waals surface area contributed by atoms with E-state index in [0.29, 0.717) is 11.4 Å². The van der Waals surface area contributed by atoms with Crippen LogP contribution in [0.3, 0.4) is 0 Å². The second kappa shape index (κ2) is 6.23. The molecule has 6 heteroatoms. The lowest BCUT2D eigenvalue weighted by atomic mass is 9.94. The van der Waals surface area contributed by atoms with Crippen LogP contribution in [0, 0.1) is 0 Å². The molecule has 0 saturated heterocycles. The Morgan fingerprint density at radius 3 is 2.41 bits per heavy atom. The van der Waals surface area contributed by atoms with Crippen molar-refractivity contribution in [3.8, 4) is 0 Å². The predicted octanol–water partition coefficient (Wildman–Crippen LogP) is 3.38. The predicted molar refractivity (Wildman–Crippen MR) is 82.4 cm³/mol. The van der Waals surface area contributed by atoms with E-state index >= 15 is 0 Å². The van der Waals surface area contributed by atoms with Gasteiger partial charge in [-0.05, 0) is 44.0 Å². The summed E-state index contributed by atoms with van der Waals surface area (Å²) in [5, 5.41) is 12.2. The second-order valence-corrected chi connectivity index (χ2v) is 5.98. The summed E-state index contributed by atoms with van der Waals surface area (Å²) in [6, 6.07) is 9.99. The zero-order valence-electron chi connectivity index (χ0n) is 12.2. The van der Waals surface area contributed by atoms with Gasteiger partial charge in [0.15, 0.2) is 5.76 Å². The SMILES string of the molecule is CC(C)(Cc1ccccc1Cl)NC(=O)c1ccc(C(=O)O)o1. The summed E-state index contributed by atoms with van der Waals surface area (Å²) in [5.74, 6) is -1.99. The molecule has 0 unspecified atom stereocenters. The Labute approximate surface area is 132 Å². The summed E-state index contributed by atoms with van der Waals surface area (Å²) in [7, 11) is 0. The van der Waals surface area contributed by atoms with E-state index in [-0.39, 0.29) is 11.5 Å². The highest BCUT2D eigenvalue weighted by atomic mass is 35.5. The van der Waals surface area contributed by atoms with E-state index < -0.39 is 17.4 Å². The van der Waals surface area contributed by atoms with Crippen molar-refractivity contribution in [2.75, 3.05) is 0 Å². The van der Waals surface area contributed by atoms with Gasteiger partial charge in [-0.25, -0.2) is 4.79 Å². The number of rotatable bonds is 5. The Bertz CT molecular complexity index is 706. The standard InChI is InChI=1S/C16H16ClNO4/c1-16(2,9-10-5-3-4-6-11(10)17)18-14(19)12-7-8-13(22-12)15(20)21/h3-8H,9H2,1-2H3,(H,18,19)(H,20,21). The Hall–Kier alpha value is -2.27. The Morgan fingerprint density at radius 1 is 1.18 bits per heavy atom. The molecule has 0 aliphatic heterocycles. The van der Waals surface area contributed by atoms with Crippen LogP contribution in [0.5, 0.6) is 0 Å². The number of carboxylic acid groups (broad SMARTS) is 1. The number of hydrogen-bond donors (Lipinski definition) is 2. The van der Waals surface area contributed by atoms with Crippen molar-refractivity contribution in [3.63, 3.8) is 0 Å². The van der Waals surface area contributed by atoms with Crippen molar-refractivity contribution in [2.24, 2.45) is 0 Å². The maximum atomic E-state index is 12.1. The first kappa shape index (κ1) is 16.1. The van der Waals surface area contributed by atoms with Gasteiger partial charge in [0, 0.05) is 10.6 Å². The average molecular weight is 322 g/mol. The molecular formula is C16H16ClNO4. The molecule has 1 amide bonds. The van der Waals surface area contributed by atoms with Crippen LogP contribution >= 0.6 is 11.6 Å². The van der Waals surface area contributed by atoms with Crippen molar-refractivity contribution < 1.29 is 19.1 Å². The van der Waals surface area contributed by atoms with E-state index in [9.17, 15) is 9.59 Å². The highest BCUT2D eigenvalue weighted by Gasteiger charge is 2.24. The zero-order valence-corrected chi connectivity index (χ0v) is 13.0. The second-order valence-electron chi connectivity index (χ2n) is 5.58. The van der Waals surface area contributed by atoms with Crippen molar-refractivity contribution in [1.29, 1.82) is 0 Å². The van der Waals surface area contributed by atoms with Crippen LogP contribution in [0.1, 0.15) is 40.5 Å². The summed E-state index contributed by atoms with van der Waals surface area (Å²) in [6.45, 7) is 3.71. The molecule has 2 aromatic rings. The van der Waals surface area contributed by atoms with Crippen LogP contribution in [-0.2, 0) is 6.42 Å². The number of carbonyl (C=O) groups is 2. The molecule has 0 spiro atoms. The van der Waals surface area contributed by atoms with Gasteiger partial charge in [0.25, 0.3) is 5.91 Å². The molecule has 0 radical (unpaired) electrons. The number of halogens is 1. The smallest absolute Gasteiger partial charge is 0.371 e. The average Bonchev–Trinajstić information content (AvgIpc) is 2.90. The Kier molecular flexibility index (Phi) is 4.56. The van der Waals surface area contributed by atoms with E-state index in [1.165, 1.54) is 12.1 Å². The first-order chi connectivity index (χ1) is 10.3. The third-order valence-electron chi connectivity index (χ3n) is 3.08. The first-order valence-corrected chi connectivity index (χ1v) is 7.05. The number of carbonyl (C=O) groups excluding carboxylic acids is 1. The minimum atomic E-state index is -1.21. The molecule has 0 aliphatic rings. The van der Waals surface area contributed by atoms with Gasteiger partial charge in [-0.1, -0.05) is 29.8 Å². The number of nitrogens with one attached hydrogen (secondary N) is 1. The molecule has 0 aliphatic carbocycles. The van der Waals surface area contributed by atoms with Gasteiger partial charge < -0.3 is 14.8 Å². The molecule has 2 N–H and O–H groups in total. The van der Waals surface area contributed by atoms with E-state index in [1.54, 1.807) is 6.07 Å². The highest BCUT2D eigenvalue weighted by molar-refractivity contribution is 6.31. The van der Waals surface area contributed by atoms with Crippen LogP contribution in [0.2, 0.25) is 5.02 Å². The molecule has 0 fully saturated rings. The molecule has 5 nitrogen and oxygen atoms in total. The van der Waals surface area contributed by atoms with E-state index in [4.69, 9.17) is 21.1 Å². The molecular weight excluding hydrogens is 306 g/mol. The summed E-state index contributed by atoms with van der Waals surface area (Å²) < 4.78 is 4.99. The van der Waals surface area contributed by atoms with E-state index in [0.717, 1.165) is 5.56 Å². The van der Waals surface area contributed by atoms with Crippen LogP contribution in [-0.4, -0.2) is 22.5 Å². The highest BCUT2D eigenvalue weighted by Crippen LogP contribution is 2.21. The van der Waals surface area contributed by atoms with Crippen molar-refractivity contribution >= 4 is 23.5 Å². The van der Waals surface area contributed by atoms with Crippen LogP contribution in [0.4, 0.5) is 0 Å². The van der Waals surface area contributed by atoms with Gasteiger partial charge in [0.05, 0.1) is 0 Å². The van der Waals surface area contributed by atoms with E-state index in [2.05, 4.69) is 5.32 Å². The fourth-order valence-electron chi connectivity index (χ4n) is 2.11. The molecule has 1 aromatic carbocycles. The van der Waals surface area contributed by atoms with Crippen LogP contribution in [0.25, 0.3) is 0 Å². The molecule has 0 saturated carbocycles. The van der Waals surface area contributed by atoms with Crippen molar-refractivity contribution in [2.45, 2.75) is 25.8 Å². The van der Waals surface area contributed by atoms with Crippen LogP contribution < -0.4 is 5.32 Å². The number of furan rings is 1. The van der Waals surface area contributed by atoms with E-state index in [1.807, 2.05) is 32.0 Å². The van der Waals surface area contributed by atoms with Gasteiger partial charge in [0.2, 0.25) is 5.76 Å². The number of amides is 1. The summed E-state index contributed by atoms with van der Waals surface area (Å²) in [4.78, 5) is 22.9. The van der Waals surface area contributed by atoms with Crippen LogP contribution in [0.15, 0.2) is 40.8 Å². The van der Waals surface area contributed by atoms with Crippen molar-refractivity contribution in [1.82, 2.24) is 5.32 Å². The number of benzene rings is 1. The normalized spacial score (nSPS) is 11.2. The molecule has 22 heavy (non-hydrogen) atoms. The third-order valence-corrected chi connectivity index (χ3v) is 3.45. The van der Waals surface area contributed by atoms with Gasteiger partial charge in [-0.2, -0.15) is 0 Å². The van der Waals surface area contributed by atoms with Gasteiger partial charge in [0.1, 0.15) is 0 Å². The van der Waals surface area contributed by atoms with Crippen molar-refractivity contribution in [3.05, 3.63) is 58.5 Å². The van der Waals surface area contributed by atoms with Gasteiger partial charge in [-0.3, -0.25) is 4.79 Å². The maximum absolute atomic E-state index is 12.1. The molecule has 1 heterocycles. The minimum Gasteiger partial charge on any atom is -0.475 e. The number of hydrogen-bond acceptors (Lipinski definition) is 3. The van der Waals surface area contributed by atoms with Gasteiger partial charge in [-0.15, -0.1) is 0 Å². The summed E-state index contributed by atoms with van der Waals surface area (Å²) in [6.07, 6.45) is 0.533. The molecule has 116 valence electrons. The lowest BCUT2D eigenvalue weighted by molar-refractivity contribution is 0.0659. The fourth-order valence-corrected chi connectivity index (χ4v) is 2.31. The Morgan fingerprint density at radius 2 is 1.82 bits per heavy atom. The quantitative estimate of drug-likeness (QED) is 0.884. The molecule has 0 bridgehead atoms. The molecule has 1 aromatic heterocycles. The van der Waals surface area contributed by atoms with Gasteiger partial charge >= 0.3 is 5.97 Å². The molecule has 0 atom stereocenters. The largest absolute Gasteiger partial charge is 0.475 e. The first-order valence-electron chi connectivity index (χ1n) is 6.67. The number of aromatic carboxylic acids is 1. The third kappa shape index (κ3) is 3.89. The number of carboxylic acids is 1. The topological polar surface area (TPSA) is 79.5 Å². The maximum Gasteiger partial charge on any atom is 0.371 e. The summed E-state index contributed by atoms with van der Waals surface area (Å²) in [5.41, 5.74) is 0.346. The monoisotopic (exact) mass is 321 g/mol. The fraction of sp³-hybridized carbons (Fsp3) is 0.250. The Balaban J connectivity index is 2.08. The lowest BCUT2D eigenvalue weighted by Gasteiger charge is -2.26. The lowest BCUT2D eigenvalue weighted by Crippen LogP contribution is -2.45. The summed E-state index contributed by atoms with van der Waals surface area (Å²) >= 11 is 6.13.